The number of fused-ring (bicyclic) bond motifs is 3. The highest BCUT2D eigenvalue weighted by molar-refractivity contribution is 5.51. The molecule has 4 nitrogen and oxygen atoms in total. The van der Waals surface area contributed by atoms with Crippen LogP contribution in [0.15, 0.2) is 18.2 Å². The maximum absolute atomic E-state index is 10.6. The summed E-state index contributed by atoms with van der Waals surface area (Å²) < 4.78 is 5.51. The van der Waals surface area contributed by atoms with E-state index in [0.717, 1.165) is 5.56 Å². The van der Waals surface area contributed by atoms with Gasteiger partial charge in [-0.3, -0.25) is 10.1 Å². The van der Waals surface area contributed by atoms with E-state index in [1.807, 2.05) is 6.07 Å². The fourth-order valence-corrected chi connectivity index (χ4v) is 2.54. The van der Waals surface area contributed by atoms with Crippen LogP contribution in [0.2, 0.25) is 0 Å². The Balaban J connectivity index is 2.16. The Morgan fingerprint density at radius 3 is 2.87 bits per heavy atom. The third-order valence-corrected chi connectivity index (χ3v) is 3.45. The molecule has 0 aromatic heterocycles. The zero-order valence-corrected chi connectivity index (χ0v) is 8.56. The van der Waals surface area contributed by atoms with Gasteiger partial charge in [0.2, 0.25) is 0 Å². The maximum atomic E-state index is 10.6. The average molecular weight is 205 g/mol. The van der Waals surface area contributed by atoms with E-state index in [1.165, 1.54) is 5.56 Å². The Morgan fingerprint density at radius 1 is 1.47 bits per heavy atom. The van der Waals surface area contributed by atoms with Gasteiger partial charge in [-0.25, -0.2) is 0 Å². The van der Waals surface area contributed by atoms with Crippen LogP contribution in [0.5, 0.6) is 0 Å². The van der Waals surface area contributed by atoms with Crippen LogP contribution in [0.25, 0.3) is 0 Å². The largest absolute Gasteiger partial charge is 0.364 e. The number of nitro benzene ring substituents is 1. The predicted octanol–water partition coefficient (Wildman–Crippen LogP) is 2.33. The van der Waals surface area contributed by atoms with Gasteiger partial charge < -0.3 is 4.74 Å². The molecule has 0 saturated carbocycles. The molecule has 2 atom stereocenters. The molecule has 2 aliphatic rings. The van der Waals surface area contributed by atoms with Crippen molar-refractivity contribution in [3.63, 3.8) is 0 Å². The van der Waals surface area contributed by atoms with Gasteiger partial charge in [-0.15, -0.1) is 0 Å². The topological polar surface area (TPSA) is 55.7 Å². The normalized spacial score (nSPS) is 29.5. The lowest BCUT2D eigenvalue weighted by Gasteiger charge is -2.20. The summed E-state index contributed by atoms with van der Waals surface area (Å²) in [6, 6.07) is 5.09. The number of hydrogen-bond donors (Lipinski definition) is 0. The second-order valence-electron chi connectivity index (χ2n) is 4.73. The highest BCUT2D eigenvalue weighted by Crippen LogP contribution is 2.59. The van der Waals surface area contributed by atoms with Gasteiger partial charge in [-0.2, -0.15) is 0 Å². The first-order valence-electron chi connectivity index (χ1n) is 4.96. The second kappa shape index (κ2) is 2.39. The summed E-state index contributed by atoms with van der Waals surface area (Å²) in [5, 5.41) is 10.6. The van der Waals surface area contributed by atoms with E-state index >= 15 is 0 Å². The number of non-ortho nitro benzene ring substituents is 1. The van der Waals surface area contributed by atoms with E-state index in [4.69, 9.17) is 4.74 Å². The molecule has 78 valence electrons. The van der Waals surface area contributed by atoms with Gasteiger partial charge in [0.05, 0.1) is 11.0 Å². The first-order valence-corrected chi connectivity index (χ1v) is 4.96. The van der Waals surface area contributed by atoms with Crippen LogP contribution in [0.4, 0.5) is 5.69 Å². The summed E-state index contributed by atoms with van der Waals surface area (Å²) in [5.74, 6) is 0. The van der Waals surface area contributed by atoms with Gasteiger partial charge in [0.15, 0.2) is 0 Å². The maximum Gasteiger partial charge on any atom is 0.269 e. The summed E-state index contributed by atoms with van der Waals surface area (Å²) in [6.07, 6.45) is 0.310. The Hall–Kier alpha value is -1.42. The average Bonchev–Trinajstić information content (AvgIpc) is 2.92. The van der Waals surface area contributed by atoms with E-state index in [0.29, 0.717) is 0 Å². The Morgan fingerprint density at radius 2 is 2.20 bits per heavy atom. The van der Waals surface area contributed by atoms with Crippen molar-refractivity contribution in [1.82, 2.24) is 0 Å². The van der Waals surface area contributed by atoms with Gasteiger partial charge in [0.1, 0.15) is 6.10 Å². The van der Waals surface area contributed by atoms with Crippen LogP contribution in [0.3, 0.4) is 0 Å². The van der Waals surface area contributed by atoms with Crippen molar-refractivity contribution < 1.29 is 9.66 Å². The van der Waals surface area contributed by atoms with Crippen LogP contribution in [-0.4, -0.2) is 11.0 Å². The minimum absolute atomic E-state index is 0.00483. The molecule has 1 aromatic rings. The van der Waals surface area contributed by atoms with Crippen LogP contribution < -0.4 is 0 Å². The van der Waals surface area contributed by atoms with Gasteiger partial charge in [-0.1, -0.05) is 19.9 Å². The summed E-state index contributed by atoms with van der Waals surface area (Å²) in [6.45, 7) is 4.24. The fraction of sp³-hybridized carbons (Fsp3) is 0.455. The summed E-state index contributed by atoms with van der Waals surface area (Å²) >= 11 is 0. The first-order chi connectivity index (χ1) is 7.01. The van der Waals surface area contributed by atoms with Gasteiger partial charge in [0, 0.05) is 17.5 Å². The van der Waals surface area contributed by atoms with Crippen LogP contribution in [-0.2, 0) is 10.2 Å². The number of hydrogen-bond acceptors (Lipinski definition) is 3. The van der Waals surface area contributed by atoms with Gasteiger partial charge >= 0.3 is 0 Å². The molecule has 4 heteroatoms. The molecule has 0 N–H and O–H groups in total. The van der Waals surface area contributed by atoms with E-state index in [2.05, 4.69) is 13.8 Å². The lowest BCUT2D eigenvalue weighted by atomic mass is 9.85. The van der Waals surface area contributed by atoms with Crippen molar-refractivity contribution >= 4 is 5.69 Å². The number of nitrogens with zero attached hydrogens (tertiary/aromatic N) is 1. The molecule has 15 heavy (non-hydrogen) atoms. The molecular weight excluding hydrogens is 194 g/mol. The monoisotopic (exact) mass is 205 g/mol. The first kappa shape index (κ1) is 8.85. The van der Waals surface area contributed by atoms with Crippen molar-refractivity contribution in [2.24, 2.45) is 0 Å². The Bertz CT molecular complexity index is 467. The molecule has 0 amide bonds. The number of epoxide rings is 1. The summed E-state index contributed by atoms with van der Waals surface area (Å²) in [5.41, 5.74) is 2.34. The number of benzene rings is 1. The molecule has 0 bridgehead atoms. The summed E-state index contributed by atoms with van der Waals surface area (Å²) in [4.78, 5) is 10.3. The molecule has 1 aliphatic heterocycles. The van der Waals surface area contributed by atoms with Crippen LogP contribution >= 0.6 is 0 Å². The minimum atomic E-state index is -0.358. The third kappa shape index (κ3) is 0.997. The Labute approximate surface area is 87.0 Å². The standard InChI is InChI=1S/C11H11NO3/c1-11(2)8-4-3-6(12(13)14)5-7(8)9-10(11)15-9/h3-5,9-10H,1-2H3. The molecule has 3 rings (SSSR count). The minimum Gasteiger partial charge on any atom is -0.364 e. The summed E-state index contributed by atoms with van der Waals surface area (Å²) in [7, 11) is 0. The molecule has 0 radical (unpaired) electrons. The smallest absolute Gasteiger partial charge is 0.269 e. The lowest BCUT2D eigenvalue weighted by molar-refractivity contribution is -0.384. The van der Waals surface area contributed by atoms with E-state index in [-0.39, 0.29) is 28.2 Å². The van der Waals surface area contributed by atoms with Crippen LogP contribution in [0, 0.1) is 10.1 Å². The molecule has 0 spiro atoms. The molecule has 2 unspecified atom stereocenters. The molecular formula is C11H11NO3. The molecule has 1 fully saturated rings. The molecule has 1 aromatic carbocycles. The lowest BCUT2D eigenvalue weighted by Crippen LogP contribution is -2.21. The fourth-order valence-electron chi connectivity index (χ4n) is 2.54. The van der Waals surface area contributed by atoms with Gasteiger partial charge in [-0.05, 0) is 11.1 Å². The van der Waals surface area contributed by atoms with Crippen molar-refractivity contribution in [1.29, 1.82) is 0 Å². The SMILES string of the molecule is CC1(C)c2ccc([N+](=O)[O-])cc2C2OC21. The Kier molecular flexibility index (Phi) is 1.41. The van der Waals surface area contributed by atoms with Crippen LogP contribution in [0.1, 0.15) is 31.1 Å². The van der Waals surface area contributed by atoms with Crippen molar-refractivity contribution in [2.45, 2.75) is 31.5 Å². The second-order valence-corrected chi connectivity index (χ2v) is 4.73. The van der Waals surface area contributed by atoms with Crippen molar-refractivity contribution in [3.05, 3.63) is 39.4 Å². The van der Waals surface area contributed by atoms with E-state index in [9.17, 15) is 10.1 Å². The third-order valence-electron chi connectivity index (χ3n) is 3.45. The highest BCUT2D eigenvalue weighted by atomic mass is 16.6. The number of rotatable bonds is 1. The predicted molar refractivity (Wildman–Crippen MR) is 53.7 cm³/mol. The quantitative estimate of drug-likeness (QED) is 0.401. The van der Waals surface area contributed by atoms with Gasteiger partial charge in [0.25, 0.3) is 5.69 Å². The zero-order chi connectivity index (χ0) is 10.8. The van der Waals surface area contributed by atoms with Crippen molar-refractivity contribution in [2.75, 3.05) is 0 Å². The number of ether oxygens (including phenoxy) is 1. The number of nitro groups is 1. The zero-order valence-electron chi connectivity index (χ0n) is 8.56. The molecule has 1 aliphatic carbocycles. The van der Waals surface area contributed by atoms with Crippen molar-refractivity contribution in [3.8, 4) is 0 Å². The van der Waals surface area contributed by atoms with E-state index < -0.39 is 0 Å². The molecule has 1 saturated heterocycles. The van der Waals surface area contributed by atoms with E-state index in [1.54, 1.807) is 12.1 Å². The molecule has 1 heterocycles. The highest BCUT2D eigenvalue weighted by Gasteiger charge is 2.58.